The van der Waals surface area contributed by atoms with Crippen molar-refractivity contribution in [2.45, 2.75) is 204 Å². The Balaban J connectivity index is 0.000000158. The van der Waals surface area contributed by atoms with E-state index in [1.54, 1.807) is 4.72 Å². The van der Waals surface area contributed by atoms with Crippen molar-refractivity contribution in [3.05, 3.63) is 56.6 Å². The molecule has 8 aliphatic rings. The third-order valence-electron chi connectivity index (χ3n) is 15.0. The summed E-state index contributed by atoms with van der Waals surface area (Å²) in [6.45, 7) is 9.03. The van der Waals surface area contributed by atoms with Crippen molar-refractivity contribution in [3.63, 3.8) is 0 Å². The molecule has 4 atom stereocenters. The number of carbonyl (C=O) groups excluding carboxylic acids is 2. The number of nitrogens with zero attached hydrogens (tertiary/aromatic N) is 2. The lowest BCUT2D eigenvalue weighted by Gasteiger charge is -2.41. The van der Waals surface area contributed by atoms with Crippen molar-refractivity contribution >= 4 is 66.0 Å². The van der Waals surface area contributed by atoms with Crippen LogP contribution in [0.2, 0.25) is 0 Å². The second-order valence-corrected chi connectivity index (χ2v) is 23.6. The lowest BCUT2D eigenvalue weighted by atomic mass is 9.97. The van der Waals surface area contributed by atoms with Gasteiger partial charge in [-0.3, -0.25) is 9.80 Å². The standard InChI is InChI=1S/C23H34N4O3S.C13H15ClN2O3S.C10H20N2.ClH/c1-14(2)27-18-9-10-19(27)13-17(12-18)25-31(29,30)26-23(28)24-22-20-7-3-5-15(20)11-16-6-4-8-21(16)22;14-20(18,19)16-13(17)15-12-10-5-1-3-8(10)7-9-4-2-6-11(9)12;1-7(2)12-9-3-4-10(12)6-8(11)5-9;/h11,14,17-19,25H,3-10,12-13H2,1-2H3,(H2,24,26,28);7H,1-6H2,(H2,15,16,17);7-10H,3-6,11H2,1-2H3;1H. The van der Waals surface area contributed by atoms with Crippen LogP contribution in [0.15, 0.2) is 12.1 Å². The molecule has 4 bridgehead atoms. The minimum Gasteiger partial charge on any atom is -0.328 e. The number of rotatable bonds is 8. The highest BCUT2D eigenvalue weighted by molar-refractivity contribution is 8.12. The third-order valence-corrected chi connectivity index (χ3v) is 16.8. The number of piperidine rings is 2. The Kier molecular flexibility index (Phi) is 15.6. The predicted octanol–water partition coefficient (Wildman–Crippen LogP) is 7.06. The number of anilines is 2. The van der Waals surface area contributed by atoms with E-state index in [1.165, 1.54) is 59.1 Å². The van der Waals surface area contributed by atoms with Crippen LogP contribution in [0.3, 0.4) is 0 Å². The molecule has 7 N–H and O–H groups in total. The lowest BCUT2D eigenvalue weighted by Crippen LogP contribution is -2.54. The molecule has 4 amide bonds. The maximum absolute atomic E-state index is 12.7. The van der Waals surface area contributed by atoms with Crippen LogP contribution in [-0.2, 0) is 70.8 Å². The van der Waals surface area contributed by atoms with Crippen molar-refractivity contribution < 1.29 is 26.4 Å². The summed E-state index contributed by atoms with van der Waals surface area (Å²) in [5.41, 5.74) is 17.5. The van der Waals surface area contributed by atoms with E-state index in [1.807, 2.05) is 0 Å². The van der Waals surface area contributed by atoms with Gasteiger partial charge in [-0.1, -0.05) is 12.1 Å². The van der Waals surface area contributed by atoms with Gasteiger partial charge in [0.2, 0.25) is 0 Å². The number of halogens is 2. The highest BCUT2D eigenvalue weighted by Crippen LogP contribution is 2.41. The van der Waals surface area contributed by atoms with Crippen LogP contribution in [-0.4, -0.2) is 87.0 Å². The van der Waals surface area contributed by atoms with E-state index in [0.717, 1.165) is 143 Å². The van der Waals surface area contributed by atoms with Crippen molar-refractivity contribution in [1.82, 2.24) is 24.0 Å². The highest BCUT2D eigenvalue weighted by Gasteiger charge is 2.43. The van der Waals surface area contributed by atoms with Gasteiger partial charge in [-0.15, -0.1) is 12.4 Å². The summed E-state index contributed by atoms with van der Waals surface area (Å²) in [6, 6.07) is 7.10. The van der Waals surface area contributed by atoms with Crippen molar-refractivity contribution in [2.75, 3.05) is 10.6 Å². The van der Waals surface area contributed by atoms with Crippen molar-refractivity contribution in [1.29, 1.82) is 0 Å². The van der Waals surface area contributed by atoms with Gasteiger partial charge in [0.15, 0.2) is 0 Å². The quantitative estimate of drug-likeness (QED) is 0.150. The van der Waals surface area contributed by atoms with Crippen molar-refractivity contribution in [3.8, 4) is 0 Å². The summed E-state index contributed by atoms with van der Waals surface area (Å²) in [6.07, 6.45) is 21.3. The molecule has 14 nitrogen and oxygen atoms in total. The van der Waals surface area contributed by atoms with Gasteiger partial charge < -0.3 is 16.4 Å². The minimum atomic E-state index is -4.06. The molecule has 4 aliphatic heterocycles. The molecule has 0 saturated carbocycles. The first-order chi connectivity index (χ1) is 29.9. The van der Waals surface area contributed by atoms with Crippen LogP contribution in [0.4, 0.5) is 21.0 Å². The molecular weight excluding hydrogens is 896 g/mol. The number of nitrogens with two attached hydrogens (primary N) is 1. The number of carbonyl (C=O) groups is 2. The van der Waals surface area contributed by atoms with E-state index >= 15 is 0 Å². The zero-order chi connectivity index (χ0) is 44.8. The van der Waals surface area contributed by atoms with Crippen LogP contribution < -0.4 is 30.5 Å². The molecule has 0 spiro atoms. The number of hydrogen-bond donors (Lipinski definition) is 6. The van der Waals surface area contributed by atoms with E-state index < -0.39 is 31.5 Å². The molecule has 2 aromatic carbocycles. The molecule has 2 aromatic rings. The van der Waals surface area contributed by atoms with E-state index in [-0.39, 0.29) is 18.4 Å². The van der Waals surface area contributed by atoms with Gasteiger partial charge in [-0.2, -0.15) is 21.6 Å². The largest absolute Gasteiger partial charge is 0.333 e. The Hall–Kier alpha value is -2.70. The van der Waals surface area contributed by atoms with Gasteiger partial charge in [-0.05, 0) is 201 Å². The van der Waals surface area contributed by atoms with Gasteiger partial charge in [-0.25, -0.2) is 19.0 Å². The summed E-state index contributed by atoms with van der Waals surface area (Å²) in [7, 11) is -2.95. The summed E-state index contributed by atoms with van der Waals surface area (Å²) >= 11 is 0. The second kappa shape index (κ2) is 20.3. The molecule has 356 valence electrons. The van der Waals surface area contributed by atoms with Crippen LogP contribution in [0, 0.1) is 0 Å². The Morgan fingerprint density at radius 1 is 0.594 bits per heavy atom. The van der Waals surface area contributed by atoms with Crippen molar-refractivity contribution in [2.24, 2.45) is 5.73 Å². The Morgan fingerprint density at radius 3 is 1.28 bits per heavy atom. The normalized spacial score (nSPS) is 26.4. The maximum Gasteiger partial charge on any atom is 0.333 e. The Labute approximate surface area is 391 Å². The van der Waals surface area contributed by atoms with Crippen LogP contribution in [0.1, 0.15) is 149 Å². The predicted molar refractivity (Wildman–Crippen MR) is 257 cm³/mol. The summed E-state index contributed by atoms with van der Waals surface area (Å²) in [5.74, 6) is 0. The van der Waals surface area contributed by atoms with Gasteiger partial charge >= 0.3 is 31.5 Å². The average molecular weight is 966 g/mol. The molecular formula is C46H70Cl2N8O6S2. The second-order valence-electron chi connectivity index (χ2n) is 19.9. The molecule has 4 fully saturated rings. The van der Waals surface area contributed by atoms with Crippen LogP contribution in [0.25, 0.3) is 0 Å². The number of amides is 4. The number of aryl methyl sites for hydroxylation is 4. The summed E-state index contributed by atoms with van der Waals surface area (Å²) in [4.78, 5) is 29.7. The molecule has 10 rings (SSSR count). The van der Waals surface area contributed by atoms with Gasteiger partial charge in [0.1, 0.15) is 0 Å². The molecule has 4 saturated heterocycles. The first-order valence-corrected chi connectivity index (χ1v) is 27.5. The van der Waals surface area contributed by atoms with E-state index in [9.17, 15) is 26.4 Å². The zero-order valence-electron chi connectivity index (χ0n) is 37.9. The number of hydrogen-bond acceptors (Lipinski definition) is 9. The molecule has 0 radical (unpaired) electrons. The number of nitrogens with one attached hydrogen (secondary N) is 5. The monoisotopic (exact) mass is 964 g/mol. The zero-order valence-corrected chi connectivity index (χ0v) is 41.1. The van der Waals surface area contributed by atoms with E-state index in [2.05, 4.69) is 69.7 Å². The molecule has 0 aromatic heterocycles. The molecule has 4 unspecified atom stereocenters. The van der Waals surface area contributed by atoms with Gasteiger partial charge in [0, 0.05) is 70.4 Å². The fraction of sp³-hybridized carbons (Fsp3) is 0.696. The van der Waals surface area contributed by atoms with E-state index in [0.29, 0.717) is 24.2 Å². The SMILES string of the molecule is CC(C)N1C2CCC1CC(N)C2.CC(C)N1C2CCC1CC(NS(=O)(=O)NC(=O)Nc1c3c(cc4c1CCC4)CCC3)C2.Cl.O=C(Nc1c2c(cc3c1CCC3)CCC2)NS(=O)(=O)Cl. The Bertz CT molecular complexity index is 2200. The maximum atomic E-state index is 12.7. The Morgan fingerprint density at radius 2 is 0.938 bits per heavy atom. The molecule has 18 heteroatoms. The molecule has 4 heterocycles. The fourth-order valence-corrected chi connectivity index (χ4v) is 14.4. The average Bonchev–Trinajstić information content (AvgIpc) is 4.04. The third kappa shape index (κ3) is 11.2. The molecule has 64 heavy (non-hydrogen) atoms. The number of fused-ring (bicyclic) bond motifs is 8. The number of urea groups is 2. The first-order valence-electron chi connectivity index (χ1n) is 23.7. The van der Waals surface area contributed by atoms with E-state index in [4.69, 9.17) is 16.4 Å². The van der Waals surface area contributed by atoms with Gasteiger partial charge in [0.25, 0.3) is 0 Å². The summed E-state index contributed by atoms with van der Waals surface area (Å²) < 4.78 is 53.9. The van der Waals surface area contributed by atoms with Crippen LogP contribution in [0.5, 0.6) is 0 Å². The van der Waals surface area contributed by atoms with Crippen LogP contribution >= 0.6 is 23.1 Å². The number of benzene rings is 2. The topological polar surface area (TPSA) is 195 Å². The first kappa shape index (κ1) is 49.2. The van der Waals surface area contributed by atoms with Gasteiger partial charge in [0.05, 0.1) is 0 Å². The lowest BCUT2D eigenvalue weighted by molar-refractivity contribution is 0.0902. The molecule has 4 aliphatic carbocycles. The summed E-state index contributed by atoms with van der Waals surface area (Å²) in [5, 5.41) is 5.60. The smallest absolute Gasteiger partial charge is 0.328 e. The fourth-order valence-electron chi connectivity index (χ4n) is 12.9. The minimum absolute atomic E-state index is 0. The highest BCUT2D eigenvalue weighted by atomic mass is 35.7.